The second-order valence-corrected chi connectivity index (χ2v) is 12.7. The van der Waals surface area contributed by atoms with E-state index in [9.17, 15) is 9.59 Å². The molecule has 2 bridgehead atoms. The summed E-state index contributed by atoms with van der Waals surface area (Å²) in [5.74, 6) is 0.639. The molecule has 5 atom stereocenters. The molecular formula is C34H36N2O3. The Hall–Kier alpha value is -3.44. The van der Waals surface area contributed by atoms with Crippen LogP contribution in [0, 0.1) is 11.8 Å². The van der Waals surface area contributed by atoms with Crippen LogP contribution in [0.15, 0.2) is 66.7 Å². The van der Waals surface area contributed by atoms with E-state index in [1.165, 1.54) is 36.9 Å². The van der Waals surface area contributed by atoms with Crippen molar-refractivity contribution in [3.8, 4) is 11.1 Å². The van der Waals surface area contributed by atoms with E-state index in [2.05, 4.69) is 48.3 Å². The number of carboxylic acid groups (broad SMARTS) is 1. The van der Waals surface area contributed by atoms with E-state index in [1.54, 1.807) is 12.1 Å². The Kier molecular flexibility index (Phi) is 5.54. The first-order valence-corrected chi connectivity index (χ1v) is 14.4. The van der Waals surface area contributed by atoms with E-state index in [4.69, 9.17) is 5.11 Å². The molecule has 3 fully saturated rings. The van der Waals surface area contributed by atoms with Gasteiger partial charge in [0.15, 0.2) is 0 Å². The summed E-state index contributed by atoms with van der Waals surface area (Å²) in [6, 6.07) is 22.3. The van der Waals surface area contributed by atoms with Gasteiger partial charge in [-0.25, -0.2) is 4.79 Å². The molecular weight excluding hydrogens is 484 g/mol. The van der Waals surface area contributed by atoms with Gasteiger partial charge in [0, 0.05) is 30.2 Å². The first-order valence-electron chi connectivity index (χ1n) is 14.4. The van der Waals surface area contributed by atoms with Gasteiger partial charge in [-0.3, -0.25) is 9.69 Å². The van der Waals surface area contributed by atoms with E-state index < -0.39 is 5.97 Å². The molecule has 200 valence electrons. The molecule has 1 spiro atoms. The van der Waals surface area contributed by atoms with Crippen molar-refractivity contribution in [2.75, 3.05) is 13.1 Å². The van der Waals surface area contributed by atoms with Gasteiger partial charge < -0.3 is 10.4 Å². The highest BCUT2D eigenvalue weighted by atomic mass is 16.4. The molecule has 3 aliphatic carbocycles. The first kappa shape index (κ1) is 24.6. The lowest BCUT2D eigenvalue weighted by Gasteiger charge is -2.41. The summed E-state index contributed by atoms with van der Waals surface area (Å²) in [5.41, 5.74) is 7.62. The molecule has 5 unspecified atom stereocenters. The normalized spacial score (nSPS) is 29.8. The molecule has 3 aromatic carbocycles. The van der Waals surface area contributed by atoms with E-state index in [-0.39, 0.29) is 16.9 Å². The molecule has 1 amide bonds. The van der Waals surface area contributed by atoms with Gasteiger partial charge in [-0.2, -0.15) is 0 Å². The lowest BCUT2D eigenvalue weighted by Crippen LogP contribution is -2.40. The zero-order valence-corrected chi connectivity index (χ0v) is 22.7. The molecule has 4 aliphatic rings. The highest BCUT2D eigenvalue weighted by Gasteiger charge is 2.75. The smallest absolute Gasteiger partial charge is 0.335 e. The Morgan fingerprint density at radius 2 is 1.64 bits per heavy atom. The second-order valence-electron chi connectivity index (χ2n) is 12.7. The van der Waals surface area contributed by atoms with Crippen LogP contribution in [0.25, 0.3) is 11.1 Å². The van der Waals surface area contributed by atoms with Gasteiger partial charge in [-0.1, -0.05) is 56.3 Å². The molecule has 2 saturated carbocycles. The summed E-state index contributed by atoms with van der Waals surface area (Å²) < 4.78 is 0. The van der Waals surface area contributed by atoms with Crippen molar-refractivity contribution in [1.82, 2.24) is 10.2 Å². The fraction of sp³-hybridized carbons (Fsp3) is 0.412. The number of hydrogen-bond acceptors (Lipinski definition) is 3. The summed E-state index contributed by atoms with van der Waals surface area (Å²) in [5, 5.41) is 12.2. The van der Waals surface area contributed by atoms with Crippen LogP contribution in [-0.2, 0) is 18.3 Å². The summed E-state index contributed by atoms with van der Waals surface area (Å²) in [6.07, 6.45) is 5.95. The molecule has 7 rings (SSSR count). The first-order chi connectivity index (χ1) is 18.8. The monoisotopic (exact) mass is 520 g/mol. The van der Waals surface area contributed by atoms with Crippen molar-refractivity contribution in [3.63, 3.8) is 0 Å². The van der Waals surface area contributed by atoms with Gasteiger partial charge >= 0.3 is 5.97 Å². The fourth-order valence-corrected chi connectivity index (χ4v) is 7.86. The molecule has 1 saturated heterocycles. The maximum Gasteiger partial charge on any atom is 0.335 e. The quantitative estimate of drug-likeness (QED) is 0.373. The average Bonchev–Trinajstić information content (AvgIpc) is 3.85. The number of likely N-dealkylation sites (tertiary alicyclic amines) is 1. The SMILES string of the molecule is CC1C2N(CC3CC3)C23Cc2ccc(C(=O)NCCc4ccc(-c5ccc(C(=O)O)cc5)cc4)cc2C1(C)C3. The van der Waals surface area contributed by atoms with Crippen LogP contribution in [0.4, 0.5) is 0 Å². The number of benzene rings is 3. The number of amides is 1. The van der Waals surface area contributed by atoms with Gasteiger partial charge in [0.2, 0.25) is 0 Å². The van der Waals surface area contributed by atoms with Crippen molar-refractivity contribution in [2.24, 2.45) is 11.8 Å². The van der Waals surface area contributed by atoms with E-state index in [0.29, 0.717) is 24.0 Å². The summed E-state index contributed by atoms with van der Waals surface area (Å²) >= 11 is 0. The summed E-state index contributed by atoms with van der Waals surface area (Å²) in [6.45, 7) is 6.75. The van der Waals surface area contributed by atoms with Gasteiger partial charge in [0.1, 0.15) is 0 Å². The van der Waals surface area contributed by atoms with Gasteiger partial charge in [0.05, 0.1) is 5.56 Å². The summed E-state index contributed by atoms with van der Waals surface area (Å²) in [7, 11) is 0. The van der Waals surface area contributed by atoms with Crippen LogP contribution in [0.3, 0.4) is 0 Å². The Morgan fingerprint density at radius 3 is 2.31 bits per heavy atom. The van der Waals surface area contributed by atoms with Crippen molar-refractivity contribution in [3.05, 3.63) is 94.5 Å². The minimum absolute atomic E-state index is 0.00277. The molecule has 39 heavy (non-hydrogen) atoms. The maximum atomic E-state index is 13.1. The van der Waals surface area contributed by atoms with Gasteiger partial charge in [0.25, 0.3) is 5.91 Å². The van der Waals surface area contributed by atoms with E-state index >= 15 is 0 Å². The van der Waals surface area contributed by atoms with Crippen molar-refractivity contribution < 1.29 is 14.7 Å². The van der Waals surface area contributed by atoms with Crippen LogP contribution >= 0.6 is 0 Å². The zero-order chi connectivity index (χ0) is 26.9. The number of aromatic carboxylic acids is 1. The van der Waals surface area contributed by atoms with Gasteiger partial charge in [-0.05, 0) is 101 Å². The number of piperidine rings is 1. The topological polar surface area (TPSA) is 69.4 Å². The number of fused-ring (bicyclic) bond motifs is 3. The Balaban J connectivity index is 0.983. The molecule has 0 radical (unpaired) electrons. The fourth-order valence-electron chi connectivity index (χ4n) is 7.86. The molecule has 0 aromatic heterocycles. The molecule has 1 heterocycles. The van der Waals surface area contributed by atoms with Gasteiger partial charge in [-0.15, -0.1) is 0 Å². The highest BCUT2D eigenvalue weighted by molar-refractivity contribution is 5.94. The predicted molar refractivity (Wildman–Crippen MR) is 152 cm³/mol. The minimum atomic E-state index is -0.919. The lowest BCUT2D eigenvalue weighted by atomic mass is 9.67. The lowest BCUT2D eigenvalue weighted by molar-refractivity contribution is 0.0696. The molecule has 5 heteroatoms. The average molecular weight is 521 g/mol. The van der Waals surface area contributed by atoms with E-state index in [1.807, 2.05) is 30.3 Å². The van der Waals surface area contributed by atoms with Crippen LogP contribution in [0.1, 0.15) is 70.5 Å². The largest absolute Gasteiger partial charge is 0.478 e. The molecule has 5 nitrogen and oxygen atoms in total. The minimum Gasteiger partial charge on any atom is -0.478 e. The van der Waals surface area contributed by atoms with Crippen LogP contribution < -0.4 is 5.32 Å². The van der Waals surface area contributed by atoms with Crippen LogP contribution in [0.5, 0.6) is 0 Å². The van der Waals surface area contributed by atoms with Crippen molar-refractivity contribution >= 4 is 11.9 Å². The number of rotatable bonds is 8. The van der Waals surface area contributed by atoms with Crippen LogP contribution in [-0.4, -0.2) is 46.6 Å². The highest BCUT2D eigenvalue weighted by Crippen LogP contribution is 2.68. The third-order valence-electron chi connectivity index (χ3n) is 10.3. The number of carbonyl (C=O) groups excluding carboxylic acids is 1. The van der Waals surface area contributed by atoms with Crippen molar-refractivity contribution in [2.45, 2.75) is 62.9 Å². The Morgan fingerprint density at radius 1 is 0.974 bits per heavy atom. The number of carbonyl (C=O) groups is 2. The second kappa shape index (κ2) is 8.79. The number of nitrogens with zero attached hydrogens (tertiary/aromatic N) is 1. The van der Waals surface area contributed by atoms with Crippen molar-refractivity contribution in [1.29, 1.82) is 0 Å². The third kappa shape index (κ3) is 4.01. The predicted octanol–water partition coefficient (Wildman–Crippen LogP) is 5.71. The maximum absolute atomic E-state index is 13.1. The number of carboxylic acids is 1. The third-order valence-corrected chi connectivity index (χ3v) is 10.3. The molecule has 2 N–H and O–H groups in total. The Labute approximate surface area is 230 Å². The zero-order valence-electron chi connectivity index (χ0n) is 22.7. The summed E-state index contributed by atoms with van der Waals surface area (Å²) in [4.78, 5) is 27.0. The Bertz CT molecular complexity index is 1460. The standard InChI is InChI=1S/C34H36N2O3/c1-21-30-34(36(30)19-23-3-4-23)18-28-14-13-27(17-29(28)33(21,2)20-34)31(37)35-16-15-22-5-7-24(8-6-22)25-9-11-26(12-10-25)32(38)39/h5-14,17,21,23,30H,3-4,15-16,18-20H2,1-2H3,(H,35,37)(H,38,39). The molecule has 1 aliphatic heterocycles. The van der Waals surface area contributed by atoms with E-state index in [0.717, 1.165) is 41.0 Å². The molecule has 3 aromatic rings. The number of nitrogens with one attached hydrogen (secondary N) is 1. The van der Waals surface area contributed by atoms with Crippen LogP contribution in [0.2, 0.25) is 0 Å². The number of hydrogen-bond donors (Lipinski definition) is 2.